The highest BCUT2D eigenvalue weighted by Gasteiger charge is 2.46. The molecule has 2 saturated heterocycles. The Hall–Kier alpha value is -3.06. The lowest BCUT2D eigenvalue weighted by atomic mass is 9.80. The number of aliphatic hydroxyl groups is 1. The quantitative estimate of drug-likeness (QED) is 0.560. The lowest BCUT2D eigenvalue weighted by Crippen LogP contribution is -2.51. The van der Waals surface area contributed by atoms with Gasteiger partial charge in [0, 0.05) is 46.6 Å². The molecule has 7 heteroatoms. The highest BCUT2D eigenvalue weighted by Crippen LogP contribution is 2.42. The van der Waals surface area contributed by atoms with E-state index < -0.39 is 11.2 Å². The zero-order valence-corrected chi connectivity index (χ0v) is 22.8. The van der Waals surface area contributed by atoms with Crippen LogP contribution in [0.15, 0.2) is 54.6 Å². The molecule has 0 aromatic heterocycles. The minimum atomic E-state index is -0.977. The van der Waals surface area contributed by atoms with Gasteiger partial charge < -0.3 is 24.5 Å². The number of nitrogens with zero attached hydrogens (tertiary/aromatic N) is 3. The van der Waals surface area contributed by atoms with Crippen LogP contribution in [-0.4, -0.2) is 71.3 Å². The predicted molar refractivity (Wildman–Crippen MR) is 144 cm³/mol. The number of hydrogen-bond donors (Lipinski definition) is 1. The predicted octanol–water partition coefficient (Wildman–Crippen LogP) is 5.51. The van der Waals surface area contributed by atoms with Crippen LogP contribution in [0.1, 0.15) is 75.1 Å². The van der Waals surface area contributed by atoms with E-state index in [1.54, 1.807) is 37.7 Å². The molecule has 0 spiro atoms. The monoisotopic (exact) mass is 507 g/mol. The molecule has 2 unspecified atom stereocenters. The third-order valence-corrected chi connectivity index (χ3v) is 7.80. The van der Waals surface area contributed by atoms with Gasteiger partial charge in [0.2, 0.25) is 0 Å². The molecule has 2 aromatic rings. The number of benzene rings is 2. The average Bonchev–Trinajstić information content (AvgIpc) is 2.88. The molecule has 0 bridgehead atoms. The van der Waals surface area contributed by atoms with Crippen molar-refractivity contribution in [2.24, 2.45) is 0 Å². The fraction of sp³-hybridized carbons (Fsp3) is 0.533. The van der Waals surface area contributed by atoms with Gasteiger partial charge >= 0.3 is 12.1 Å². The van der Waals surface area contributed by atoms with Crippen molar-refractivity contribution in [3.63, 3.8) is 0 Å². The van der Waals surface area contributed by atoms with Crippen LogP contribution in [0, 0.1) is 0 Å². The van der Waals surface area contributed by atoms with Crippen molar-refractivity contribution >= 4 is 12.1 Å². The number of rotatable bonds is 6. The Bertz CT molecular complexity index is 1070. The summed E-state index contributed by atoms with van der Waals surface area (Å²) in [6.07, 6.45) is 2.50. The molecule has 0 aliphatic carbocycles. The first-order valence-electron chi connectivity index (χ1n) is 13.3. The summed E-state index contributed by atoms with van der Waals surface area (Å²) in [5.74, 6) is 0.434. The molecule has 2 heterocycles. The van der Waals surface area contributed by atoms with Gasteiger partial charge in [0.1, 0.15) is 5.60 Å². The van der Waals surface area contributed by atoms with Crippen LogP contribution in [0.4, 0.5) is 9.59 Å². The highest BCUT2D eigenvalue weighted by atomic mass is 16.6. The Morgan fingerprint density at radius 2 is 1.70 bits per heavy atom. The van der Waals surface area contributed by atoms with Crippen molar-refractivity contribution in [1.82, 2.24) is 14.7 Å². The molecule has 7 nitrogen and oxygen atoms in total. The third-order valence-electron chi connectivity index (χ3n) is 7.80. The van der Waals surface area contributed by atoms with Crippen LogP contribution < -0.4 is 0 Å². The van der Waals surface area contributed by atoms with Gasteiger partial charge in [0.05, 0.1) is 11.6 Å². The summed E-state index contributed by atoms with van der Waals surface area (Å²) in [5, 5.41) is 10.6. The normalized spacial score (nSPS) is 21.9. The lowest BCUT2D eigenvalue weighted by Gasteiger charge is -2.45. The number of hydrogen-bond acceptors (Lipinski definition) is 4. The zero-order chi connectivity index (χ0) is 26.8. The maximum absolute atomic E-state index is 13.3. The van der Waals surface area contributed by atoms with Gasteiger partial charge in [-0.25, -0.2) is 9.59 Å². The van der Waals surface area contributed by atoms with E-state index in [4.69, 9.17) is 4.74 Å². The maximum Gasteiger partial charge on any atom is 0.411 e. The Labute approximate surface area is 221 Å². The van der Waals surface area contributed by atoms with Crippen LogP contribution in [0.3, 0.4) is 0 Å². The number of piperidine rings is 1. The number of likely N-dealkylation sites (tertiary alicyclic amines) is 1. The van der Waals surface area contributed by atoms with Crippen LogP contribution in [0.5, 0.6) is 0 Å². The summed E-state index contributed by atoms with van der Waals surface area (Å²) in [5.41, 5.74) is 1.44. The maximum atomic E-state index is 13.3. The van der Waals surface area contributed by atoms with Crippen LogP contribution >= 0.6 is 0 Å². The van der Waals surface area contributed by atoms with Crippen molar-refractivity contribution in [3.8, 4) is 0 Å². The molecule has 37 heavy (non-hydrogen) atoms. The van der Waals surface area contributed by atoms with E-state index in [0.717, 1.165) is 37.1 Å². The molecule has 4 rings (SSSR count). The van der Waals surface area contributed by atoms with Gasteiger partial charge in [0.25, 0.3) is 0 Å². The molecule has 2 aliphatic rings. The minimum Gasteiger partial charge on any atom is -0.438 e. The molecule has 200 valence electrons. The first kappa shape index (κ1) is 27.0. The second-order valence-electron chi connectivity index (χ2n) is 11.4. The van der Waals surface area contributed by atoms with E-state index in [2.05, 4.69) is 24.3 Å². The first-order valence-corrected chi connectivity index (χ1v) is 13.3. The van der Waals surface area contributed by atoms with Crippen molar-refractivity contribution in [2.45, 2.75) is 69.6 Å². The summed E-state index contributed by atoms with van der Waals surface area (Å²) in [4.78, 5) is 30.9. The Balaban J connectivity index is 1.42. The summed E-state index contributed by atoms with van der Waals surface area (Å²) < 4.78 is 6.15. The summed E-state index contributed by atoms with van der Waals surface area (Å²) in [6, 6.07) is 18.3. The smallest absolute Gasteiger partial charge is 0.411 e. The van der Waals surface area contributed by atoms with Crippen molar-refractivity contribution < 1.29 is 19.4 Å². The number of carbonyl (C=O) groups excluding carboxylic acids is 2. The van der Waals surface area contributed by atoms with Gasteiger partial charge in [-0.2, -0.15) is 0 Å². The fourth-order valence-corrected chi connectivity index (χ4v) is 5.80. The van der Waals surface area contributed by atoms with E-state index in [9.17, 15) is 14.7 Å². The Morgan fingerprint density at radius 1 is 1.08 bits per heavy atom. The standard InChI is InChI=1S/C30H41N3O4/c1-22(23-11-13-24(14-12-23)25-15-18-32(19-16-25)27(34)31(4)5)33-20-17-30(37-28(33)35,21-29(2,3)36)26-9-7-6-8-10-26/h6-14,22,25,36H,15-21H2,1-5H3. The number of ether oxygens (including phenoxy) is 1. The first-order chi connectivity index (χ1) is 17.5. The van der Waals surface area contributed by atoms with Gasteiger partial charge in [0.15, 0.2) is 0 Å². The van der Waals surface area contributed by atoms with Gasteiger partial charge in [-0.3, -0.25) is 0 Å². The largest absolute Gasteiger partial charge is 0.438 e. The minimum absolute atomic E-state index is 0.0786. The molecular formula is C30H41N3O4. The number of amides is 3. The molecule has 0 saturated carbocycles. The average molecular weight is 508 g/mol. The van der Waals surface area contributed by atoms with Crippen LogP contribution in [-0.2, 0) is 10.3 Å². The van der Waals surface area contributed by atoms with E-state index >= 15 is 0 Å². The molecular weight excluding hydrogens is 466 g/mol. The van der Waals surface area contributed by atoms with Crippen molar-refractivity contribution in [3.05, 3.63) is 71.3 Å². The Morgan fingerprint density at radius 3 is 2.24 bits per heavy atom. The second kappa shape index (κ2) is 10.7. The topological polar surface area (TPSA) is 73.3 Å². The SMILES string of the molecule is CC(c1ccc(C2CCN(C(=O)N(C)C)CC2)cc1)N1CCC(CC(C)(C)O)(c2ccccc2)OC1=O. The summed E-state index contributed by atoms with van der Waals surface area (Å²) in [6.45, 7) is 7.64. The molecule has 0 radical (unpaired) electrons. The molecule has 2 atom stereocenters. The molecule has 1 N–H and O–H groups in total. The molecule has 2 aliphatic heterocycles. The molecule has 2 aromatic carbocycles. The van der Waals surface area contributed by atoms with E-state index in [-0.39, 0.29) is 18.2 Å². The Kier molecular flexibility index (Phi) is 7.83. The van der Waals surface area contributed by atoms with Crippen molar-refractivity contribution in [2.75, 3.05) is 33.7 Å². The van der Waals surface area contributed by atoms with E-state index in [0.29, 0.717) is 25.3 Å². The van der Waals surface area contributed by atoms with Crippen LogP contribution in [0.2, 0.25) is 0 Å². The summed E-state index contributed by atoms with van der Waals surface area (Å²) in [7, 11) is 3.59. The lowest BCUT2D eigenvalue weighted by molar-refractivity contribution is -0.101. The van der Waals surface area contributed by atoms with Gasteiger partial charge in [-0.05, 0) is 56.2 Å². The zero-order valence-electron chi connectivity index (χ0n) is 22.8. The number of carbonyl (C=O) groups is 2. The van der Waals surface area contributed by atoms with E-state index in [1.807, 2.05) is 42.2 Å². The van der Waals surface area contributed by atoms with Gasteiger partial charge in [-0.15, -0.1) is 0 Å². The second-order valence-corrected chi connectivity index (χ2v) is 11.4. The molecule has 2 fully saturated rings. The van der Waals surface area contributed by atoms with Crippen molar-refractivity contribution in [1.29, 1.82) is 0 Å². The highest BCUT2D eigenvalue weighted by molar-refractivity contribution is 5.74. The van der Waals surface area contributed by atoms with Crippen LogP contribution in [0.25, 0.3) is 0 Å². The third kappa shape index (κ3) is 6.09. The number of cyclic esters (lactones) is 1. The van der Waals surface area contributed by atoms with E-state index in [1.165, 1.54) is 5.56 Å². The number of urea groups is 1. The van der Waals surface area contributed by atoms with Gasteiger partial charge in [-0.1, -0.05) is 54.6 Å². The summed E-state index contributed by atoms with van der Waals surface area (Å²) >= 11 is 0. The fourth-order valence-electron chi connectivity index (χ4n) is 5.80. The molecule has 3 amide bonds.